The third-order valence-corrected chi connectivity index (χ3v) is 3.16. The van der Waals surface area contributed by atoms with Crippen molar-refractivity contribution < 1.29 is 14.3 Å². The molecule has 0 heterocycles. The summed E-state index contributed by atoms with van der Waals surface area (Å²) in [5.74, 6) is 0.179. The van der Waals surface area contributed by atoms with E-state index in [1.807, 2.05) is 19.1 Å². The summed E-state index contributed by atoms with van der Waals surface area (Å²) in [7, 11) is 0. The van der Waals surface area contributed by atoms with Gasteiger partial charge in [0.2, 0.25) is 0 Å². The van der Waals surface area contributed by atoms with Crippen LogP contribution in [-0.4, -0.2) is 31.5 Å². The van der Waals surface area contributed by atoms with Crippen molar-refractivity contribution in [2.45, 2.75) is 6.92 Å². The molecule has 2 N–H and O–H groups in total. The summed E-state index contributed by atoms with van der Waals surface area (Å²) in [5.41, 5.74) is 1.09. The number of hydrogen-bond acceptors (Lipinski definition) is 3. The van der Waals surface area contributed by atoms with E-state index < -0.39 is 0 Å². The number of benzene rings is 2. The van der Waals surface area contributed by atoms with Crippen molar-refractivity contribution in [2.24, 2.45) is 0 Å². The number of ether oxygens (including phenoxy) is 1. The molecule has 0 aliphatic carbocycles. The fourth-order valence-electron chi connectivity index (χ4n) is 2.07. The van der Waals surface area contributed by atoms with Crippen LogP contribution in [0.5, 0.6) is 5.75 Å². The van der Waals surface area contributed by atoms with Crippen LogP contribution in [-0.2, 0) is 0 Å². The molecule has 0 spiro atoms. The van der Waals surface area contributed by atoms with E-state index in [-0.39, 0.29) is 11.8 Å². The van der Waals surface area contributed by atoms with Crippen LogP contribution in [0.4, 0.5) is 0 Å². The summed E-state index contributed by atoms with van der Waals surface area (Å²) in [6.07, 6.45) is 0. The van der Waals surface area contributed by atoms with Crippen LogP contribution in [0, 0.1) is 0 Å². The maximum absolute atomic E-state index is 12.2. The van der Waals surface area contributed by atoms with Gasteiger partial charge < -0.3 is 15.4 Å². The molecular formula is C18H20N2O3. The molecule has 0 aliphatic rings. The minimum atomic E-state index is -0.219. The average Bonchev–Trinajstić information content (AvgIpc) is 2.60. The molecule has 2 aromatic rings. The molecule has 5 nitrogen and oxygen atoms in total. The Hall–Kier alpha value is -2.82. The largest absolute Gasteiger partial charge is 0.493 e. The first-order valence-corrected chi connectivity index (χ1v) is 7.55. The Labute approximate surface area is 135 Å². The summed E-state index contributed by atoms with van der Waals surface area (Å²) >= 11 is 0. The normalized spacial score (nSPS) is 9.96. The number of carbonyl (C=O) groups is 2. The summed E-state index contributed by atoms with van der Waals surface area (Å²) in [5, 5.41) is 5.53. The van der Waals surface area contributed by atoms with Crippen LogP contribution >= 0.6 is 0 Å². The Morgan fingerprint density at radius 1 is 0.870 bits per heavy atom. The first-order chi connectivity index (χ1) is 11.2. The zero-order valence-corrected chi connectivity index (χ0v) is 13.0. The Morgan fingerprint density at radius 2 is 1.48 bits per heavy atom. The summed E-state index contributed by atoms with van der Waals surface area (Å²) < 4.78 is 5.43. The molecule has 0 bridgehead atoms. The van der Waals surface area contributed by atoms with Gasteiger partial charge in [-0.1, -0.05) is 30.3 Å². The highest BCUT2D eigenvalue weighted by atomic mass is 16.5. The number of para-hydroxylation sites is 1. The van der Waals surface area contributed by atoms with Crippen molar-refractivity contribution in [3.05, 3.63) is 65.7 Å². The van der Waals surface area contributed by atoms with E-state index in [1.165, 1.54) is 0 Å². The Bertz CT molecular complexity index is 656. The van der Waals surface area contributed by atoms with Gasteiger partial charge >= 0.3 is 0 Å². The van der Waals surface area contributed by atoms with Crippen molar-refractivity contribution in [1.82, 2.24) is 10.6 Å². The predicted molar refractivity (Wildman–Crippen MR) is 88.7 cm³/mol. The molecule has 2 aromatic carbocycles. The van der Waals surface area contributed by atoms with Gasteiger partial charge in [-0.15, -0.1) is 0 Å². The van der Waals surface area contributed by atoms with E-state index >= 15 is 0 Å². The molecule has 2 rings (SSSR count). The van der Waals surface area contributed by atoms with Crippen LogP contribution in [0.1, 0.15) is 27.6 Å². The maximum atomic E-state index is 12.2. The maximum Gasteiger partial charge on any atom is 0.255 e. The van der Waals surface area contributed by atoms with E-state index in [0.29, 0.717) is 36.6 Å². The lowest BCUT2D eigenvalue weighted by Gasteiger charge is -2.11. The summed E-state index contributed by atoms with van der Waals surface area (Å²) in [4.78, 5) is 24.0. The molecule has 23 heavy (non-hydrogen) atoms. The lowest BCUT2D eigenvalue weighted by molar-refractivity contribution is 0.0925. The minimum Gasteiger partial charge on any atom is -0.493 e. The first-order valence-electron chi connectivity index (χ1n) is 7.55. The van der Waals surface area contributed by atoms with Gasteiger partial charge in [0.05, 0.1) is 12.2 Å². The second-order valence-corrected chi connectivity index (χ2v) is 4.81. The molecule has 120 valence electrons. The topological polar surface area (TPSA) is 67.4 Å². The lowest BCUT2D eigenvalue weighted by atomic mass is 10.2. The summed E-state index contributed by atoms with van der Waals surface area (Å²) in [6, 6.07) is 16.0. The molecule has 0 fully saturated rings. The van der Waals surface area contributed by atoms with Crippen LogP contribution in [0.15, 0.2) is 54.6 Å². The fraction of sp³-hybridized carbons (Fsp3) is 0.222. The number of amides is 2. The molecule has 0 saturated heterocycles. The summed E-state index contributed by atoms with van der Waals surface area (Å²) in [6.45, 7) is 3.07. The highest BCUT2D eigenvalue weighted by molar-refractivity contribution is 5.97. The zero-order valence-electron chi connectivity index (χ0n) is 13.0. The van der Waals surface area contributed by atoms with Gasteiger partial charge in [0, 0.05) is 18.7 Å². The van der Waals surface area contributed by atoms with Gasteiger partial charge in [0.25, 0.3) is 11.8 Å². The molecule has 0 unspecified atom stereocenters. The average molecular weight is 312 g/mol. The Morgan fingerprint density at radius 3 is 2.17 bits per heavy atom. The van der Waals surface area contributed by atoms with Gasteiger partial charge in [-0.05, 0) is 31.2 Å². The molecule has 0 saturated carbocycles. The monoisotopic (exact) mass is 312 g/mol. The number of rotatable bonds is 7. The number of nitrogens with one attached hydrogen (secondary N) is 2. The Kier molecular flexibility index (Phi) is 6.17. The number of hydrogen-bond donors (Lipinski definition) is 2. The van der Waals surface area contributed by atoms with E-state index in [9.17, 15) is 9.59 Å². The molecular weight excluding hydrogens is 292 g/mol. The third-order valence-electron chi connectivity index (χ3n) is 3.16. The van der Waals surface area contributed by atoms with Crippen LogP contribution in [0.3, 0.4) is 0 Å². The van der Waals surface area contributed by atoms with Crippen molar-refractivity contribution >= 4 is 11.8 Å². The van der Waals surface area contributed by atoms with E-state index in [2.05, 4.69) is 10.6 Å². The van der Waals surface area contributed by atoms with E-state index in [0.717, 1.165) is 0 Å². The molecule has 2 amide bonds. The lowest BCUT2D eigenvalue weighted by Crippen LogP contribution is -2.34. The second-order valence-electron chi connectivity index (χ2n) is 4.81. The van der Waals surface area contributed by atoms with E-state index in [4.69, 9.17) is 4.74 Å². The molecule has 0 atom stereocenters. The molecule has 0 aromatic heterocycles. The van der Waals surface area contributed by atoms with Crippen molar-refractivity contribution in [3.63, 3.8) is 0 Å². The van der Waals surface area contributed by atoms with Crippen molar-refractivity contribution in [1.29, 1.82) is 0 Å². The minimum absolute atomic E-state index is 0.158. The van der Waals surface area contributed by atoms with Gasteiger partial charge in [0.15, 0.2) is 0 Å². The predicted octanol–water partition coefficient (Wildman–Crippen LogP) is 2.25. The Balaban J connectivity index is 1.80. The van der Waals surface area contributed by atoms with Crippen molar-refractivity contribution in [3.8, 4) is 5.75 Å². The fourth-order valence-corrected chi connectivity index (χ4v) is 2.07. The molecule has 0 radical (unpaired) electrons. The molecule has 5 heteroatoms. The van der Waals surface area contributed by atoms with Crippen LogP contribution in [0.25, 0.3) is 0 Å². The van der Waals surface area contributed by atoms with Crippen LogP contribution < -0.4 is 15.4 Å². The SMILES string of the molecule is CCOc1ccccc1C(=O)NCCNC(=O)c1ccccc1. The number of carbonyl (C=O) groups excluding carboxylic acids is 2. The second kappa shape index (κ2) is 8.58. The zero-order chi connectivity index (χ0) is 16.5. The standard InChI is InChI=1S/C18H20N2O3/c1-2-23-16-11-7-6-10-15(16)18(22)20-13-12-19-17(21)14-8-4-3-5-9-14/h3-11H,2,12-13H2,1H3,(H,19,21)(H,20,22). The van der Waals surface area contributed by atoms with Gasteiger partial charge in [-0.2, -0.15) is 0 Å². The van der Waals surface area contributed by atoms with Gasteiger partial charge in [0.1, 0.15) is 5.75 Å². The molecule has 0 aliphatic heterocycles. The smallest absolute Gasteiger partial charge is 0.255 e. The van der Waals surface area contributed by atoms with Gasteiger partial charge in [-0.25, -0.2) is 0 Å². The highest BCUT2D eigenvalue weighted by Crippen LogP contribution is 2.17. The highest BCUT2D eigenvalue weighted by Gasteiger charge is 2.11. The van der Waals surface area contributed by atoms with Crippen molar-refractivity contribution in [2.75, 3.05) is 19.7 Å². The van der Waals surface area contributed by atoms with Crippen LogP contribution in [0.2, 0.25) is 0 Å². The van der Waals surface area contributed by atoms with E-state index in [1.54, 1.807) is 42.5 Å². The first kappa shape index (κ1) is 16.5. The quantitative estimate of drug-likeness (QED) is 0.771. The van der Waals surface area contributed by atoms with Gasteiger partial charge in [-0.3, -0.25) is 9.59 Å². The third kappa shape index (κ3) is 4.85.